The number of rotatable bonds is 3. The normalized spacial score (nSPS) is 9.85. The van der Waals surface area contributed by atoms with Crippen molar-refractivity contribution < 1.29 is 4.79 Å². The lowest BCUT2D eigenvalue weighted by Gasteiger charge is -2.08. The van der Waals surface area contributed by atoms with Crippen LogP contribution in [-0.2, 0) is 5.33 Å². The molecule has 0 bridgehead atoms. The van der Waals surface area contributed by atoms with Crippen molar-refractivity contribution in [1.82, 2.24) is 0 Å². The second-order valence-corrected chi connectivity index (χ2v) is 5.51. The lowest BCUT2D eigenvalue weighted by molar-refractivity contribution is 0.102. The van der Waals surface area contributed by atoms with E-state index in [1.807, 2.05) is 18.2 Å². The van der Waals surface area contributed by atoms with Gasteiger partial charge >= 0.3 is 0 Å². The fourth-order valence-electron chi connectivity index (χ4n) is 1.63. The molecule has 0 aromatic heterocycles. The number of nitriles is 1. The molecule has 2 rings (SSSR count). The molecule has 2 aromatic rings. The Morgan fingerprint density at radius 1 is 1.20 bits per heavy atom. The molecule has 0 spiro atoms. The van der Waals surface area contributed by atoms with E-state index in [1.54, 1.807) is 30.3 Å². The highest BCUT2D eigenvalue weighted by atomic mass is 79.9. The Hall–Kier alpha value is -1.64. The Morgan fingerprint density at radius 3 is 2.45 bits per heavy atom. The van der Waals surface area contributed by atoms with Gasteiger partial charge in [0.25, 0.3) is 5.91 Å². The zero-order chi connectivity index (χ0) is 14.5. The van der Waals surface area contributed by atoms with Crippen LogP contribution in [0.3, 0.4) is 0 Å². The first kappa shape index (κ1) is 14.8. The molecule has 20 heavy (non-hydrogen) atoms. The van der Waals surface area contributed by atoms with Gasteiger partial charge in [-0.1, -0.05) is 28.1 Å². The molecular weight excluding hydrogens is 384 g/mol. The molecule has 0 aliphatic carbocycles. The van der Waals surface area contributed by atoms with Crippen molar-refractivity contribution in [3.8, 4) is 6.07 Å². The van der Waals surface area contributed by atoms with Gasteiger partial charge in [-0.2, -0.15) is 5.26 Å². The third-order valence-electron chi connectivity index (χ3n) is 2.72. The van der Waals surface area contributed by atoms with Crippen molar-refractivity contribution in [2.24, 2.45) is 0 Å². The van der Waals surface area contributed by atoms with Gasteiger partial charge in [0, 0.05) is 15.4 Å². The second kappa shape index (κ2) is 6.69. The van der Waals surface area contributed by atoms with Crippen molar-refractivity contribution in [1.29, 1.82) is 5.26 Å². The Labute approximate surface area is 133 Å². The summed E-state index contributed by atoms with van der Waals surface area (Å²) in [5.74, 6) is -0.184. The van der Waals surface area contributed by atoms with Gasteiger partial charge in [0.15, 0.2) is 0 Å². The molecule has 0 unspecified atom stereocenters. The molecule has 100 valence electrons. The molecule has 2 aromatic carbocycles. The van der Waals surface area contributed by atoms with E-state index in [0.29, 0.717) is 21.3 Å². The maximum Gasteiger partial charge on any atom is 0.255 e. The van der Waals surface area contributed by atoms with Crippen molar-refractivity contribution in [2.45, 2.75) is 5.33 Å². The first-order valence-corrected chi connectivity index (χ1v) is 7.71. The van der Waals surface area contributed by atoms with E-state index in [2.05, 4.69) is 37.2 Å². The molecule has 0 aliphatic rings. The molecule has 3 nitrogen and oxygen atoms in total. The lowest BCUT2D eigenvalue weighted by Crippen LogP contribution is -2.12. The summed E-state index contributed by atoms with van der Waals surface area (Å²) in [5, 5.41) is 12.4. The van der Waals surface area contributed by atoms with Crippen LogP contribution in [0.5, 0.6) is 0 Å². The number of hydrogen-bond donors (Lipinski definition) is 1. The number of hydrogen-bond acceptors (Lipinski definition) is 2. The molecule has 5 heteroatoms. The highest BCUT2D eigenvalue weighted by Gasteiger charge is 2.08. The number of amides is 1. The molecule has 0 heterocycles. The van der Waals surface area contributed by atoms with E-state index in [9.17, 15) is 4.79 Å². The number of nitrogens with one attached hydrogen (secondary N) is 1. The summed E-state index contributed by atoms with van der Waals surface area (Å²) in [6, 6.07) is 14.4. The van der Waals surface area contributed by atoms with E-state index < -0.39 is 0 Å². The summed E-state index contributed by atoms with van der Waals surface area (Å²) in [5.41, 5.74) is 2.88. The minimum absolute atomic E-state index is 0.184. The summed E-state index contributed by atoms with van der Waals surface area (Å²) in [6.45, 7) is 0. The second-order valence-electron chi connectivity index (χ2n) is 4.09. The zero-order valence-electron chi connectivity index (χ0n) is 10.4. The number of benzene rings is 2. The molecule has 0 saturated carbocycles. The molecule has 1 N–H and O–H groups in total. The van der Waals surface area contributed by atoms with Gasteiger partial charge < -0.3 is 5.32 Å². The van der Waals surface area contributed by atoms with Crippen LogP contribution in [0.15, 0.2) is 46.9 Å². The SMILES string of the molecule is N#Cc1ccc(NC(=O)c2ccc(CBr)cc2)c(Br)c1. The molecule has 0 atom stereocenters. The first-order valence-electron chi connectivity index (χ1n) is 5.80. The first-order chi connectivity index (χ1) is 9.63. The average molecular weight is 394 g/mol. The van der Waals surface area contributed by atoms with Crippen molar-refractivity contribution in [3.63, 3.8) is 0 Å². The van der Waals surface area contributed by atoms with Gasteiger partial charge in [0.1, 0.15) is 0 Å². The minimum atomic E-state index is -0.184. The summed E-state index contributed by atoms with van der Waals surface area (Å²) in [7, 11) is 0. The number of anilines is 1. The predicted molar refractivity (Wildman–Crippen MR) is 85.9 cm³/mol. The predicted octanol–water partition coefficient (Wildman–Crippen LogP) is 4.47. The van der Waals surface area contributed by atoms with Crippen LogP contribution in [0.2, 0.25) is 0 Å². The van der Waals surface area contributed by atoms with Gasteiger partial charge in [-0.3, -0.25) is 4.79 Å². The topological polar surface area (TPSA) is 52.9 Å². The molecular formula is C15H10Br2N2O. The highest BCUT2D eigenvalue weighted by Crippen LogP contribution is 2.24. The monoisotopic (exact) mass is 392 g/mol. The third kappa shape index (κ3) is 3.47. The van der Waals surface area contributed by atoms with Crippen molar-refractivity contribution in [2.75, 3.05) is 5.32 Å². The molecule has 0 aliphatic heterocycles. The van der Waals surface area contributed by atoms with Gasteiger partial charge in [0.2, 0.25) is 0 Å². The van der Waals surface area contributed by atoms with Gasteiger partial charge in [0.05, 0.1) is 17.3 Å². The van der Waals surface area contributed by atoms with Crippen molar-refractivity contribution >= 4 is 43.5 Å². The van der Waals surface area contributed by atoms with Crippen LogP contribution in [0.25, 0.3) is 0 Å². The third-order valence-corrected chi connectivity index (χ3v) is 4.02. The fraction of sp³-hybridized carbons (Fsp3) is 0.0667. The maximum atomic E-state index is 12.1. The van der Waals surface area contributed by atoms with Crippen LogP contribution in [0, 0.1) is 11.3 Å². The molecule has 0 saturated heterocycles. The molecule has 0 fully saturated rings. The van der Waals surface area contributed by atoms with Gasteiger partial charge in [-0.15, -0.1) is 0 Å². The Balaban J connectivity index is 2.17. The highest BCUT2D eigenvalue weighted by molar-refractivity contribution is 9.10. The minimum Gasteiger partial charge on any atom is -0.321 e. The van der Waals surface area contributed by atoms with E-state index in [1.165, 1.54) is 0 Å². The fourth-order valence-corrected chi connectivity index (χ4v) is 2.48. The summed E-state index contributed by atoms with van der Waals surface area (Å²) in [6.07, 6.45) is 0. The number of nitrogens with zero attached hydrogens (tertiary/aromatic N) is 1. The quantitative estimate of drug-likeness (QED) is 0.782. The number of halogens is 2. The average Bonchev–Trinajstić information content (AvgIpc) is 2.49. The van der Waals surface area contributed by atoms with Gasteiger partial charge in [-0.25, -0.2) is 0 Å². The summed E-state index contributed by atoms with van der Waals surface area (Å²) >= 11 is 6.70. The van der Waals surface area contributed by atoms with Crippen LogP contribution in [0.4, 0.5) is 5.69 Å². The lowest BCUT2D eigenvalue weighted by atomic mass is 10.1. The van der Waals surface area contributed by atoms with Crippen LogP contribution >= 0.6 is 31.9 Å². The number of carbonyl (C=O) groups excluding carboxylic acids is 1. The molecule has 1 amide bonds. The summed E-state index contributed by atoms with van der Waals surface area (Å²) < 4.78 is 0.682. The Kier molecular flexibility index (Phi) is 4.94. The number of carbonyl (C=O) groups is 1. The Bertz CT molecular complexity index is 675. The smallest absolute Gasteiger partial charge is 0.255 e. The Morgan fingerprint density at radius 2 is 1.90 bits per heavy atom. The molecule has 0 radical (unpaired) electrons. The van der Waals surface area contributed by atoms with Crippen LogP contribution < -0.4 is 5.32 Å². The standard InChI is InChI=1S/C15H10Br2N2O/c16-8-10-1-4-12(5-2-10)15(20)19-14-6-3-11(9-18)7-13(14)17/h1-7H,8H2,(H,19,20). The van der Waals surface area contributed by atoms with Crippen LogP contribution in [-0.4, -0.2) is 5.91 Å². The maximum absolute atomic E-state index is 12.1. The van der Waals surface area contributed by atoms with E-state index >= 15 is 0 Å². The van der Waals surface area contributed by atoms with E-state index in [0.717, 1.165) is 10.9 Å². The van der Waals surface area contributed by atoms with Crippen LogP contribution in [0.1, 0.15) is 21.5 Å². The van der Waals surface area contributed by atoms with Crippen molar-refractivity contribution in [3.05, 3.63) is 63.6 Å². The summed E-state index contributed by atoms with van der Waals surface area (Å²) in [4.78, 5) is 12.1. The largest absolute Gasteiger partial charge is 0.321 e. The van der Waals surface area contributed by atoms with Gasteiger partial charge in [-0.05, 0) is 51.8 Å². The van der Waals surface area contributed by atoms with E-state index in [-0.39, 0.29) is 5.91 Å². The number of alkyl halides is 1. The zero-order valence-corrected chi connectivity index (χ0v) is 13.5. The van der Waals surface area contributed by atoms with E-state index in [4.69, 9.17) is 5.26 Å².